The summed E-state index contributed by atoms with van der Waals surface area (Å²) >= 11 is 0. The number of ether oxygens (including phenoxy) is 1. The Morgan fingerprint density at radius 3 is 2.94 bits per heavy atom. The zero-order valence-electron chi connectivity index (χ0n) is 10.4. The van der Waals surface area contributed by atoms with Gasteiger partial charge in [-0.2, -0.15) is 5.26 Å². The third kappa shape index (κ3) is 3.42. The molecule has 1 unspecified atom stereocenters. The Morgan fingerprint density at radius 2 is 2.39 bits per heavy atom. The lowest BCUT2D eigenvalue weighted by atomic mass is 10.1. The second kappa shape index (κ2) is 6.55. The van der Waals surface area contributed by atoms with E-state index in [0.717, 1.165) is 12.8 Å². The molecule has 18 heavy (non-hydrogen) atoms. The molecule has 0 aliphatic carbocycles. The predicted octanol–water partition coefficient (Wildman–Crippen LogP) is 0.731. The third-order valence-corrected chi connectivity index (χ3v) is 2.40. The quantitative estimate of drug-likeness (QED) is 0.567. The molecular weight excluding hydrogens is 234 g/mol. The van der Waals surface area contributed by atoms with Crippen LogP contribution in [0.4, 0.5) is 0 Å². The molecule has 0 bridgehead atoms. The standard InChI is InChI=1S/C12H15N3O3/c1-3-4-5-18-12(17)9(7-13)10-6-11(16)15(2)8-14-10/h6,8-9H,3-5H2,1-2H3. The summed E-state index contributed by atoms with van der Waals surface area (Å²) in [6.45, 7) is 2.25. The maximum absolute atomic E-state index is 11.7. The number of hydrogen-bond donors (Lipinski definition) is 0. The Labute approximate surface area is 105 Å². The minimum atomic E-state index is -1.14. The molecule has 0 amide bonds. The molecule has 0 aliphatic rings. The maximum Gasteiger partial charge on any atom is 0.329 e. The predicted molar refractivity (Wildman–Crippen MR) is 63.7 cm³/mol. The molecule has 0 saturated carbocycles. The number of nitriles is 1. The summed E-state index contributed by atoms with van der Waals surface area (Å²) in [6.07, 6.45) is 2.92. The van der Waals surface area contributed by atoms with Crippen LogP contribution in [0.3, 0.4) is 0 Å². The van der Waals surface area contributed by atoms with E-state index >= 15 is 0 Å². The van der Waals surface area contributed by atoms with Gasteiger partial charge in [0.15, 0.2) is 5.92 Å². The smallest absolute Gasteiger partial charge is 0.329 e. The zero-order chi connectivity index (χ0) is 13.5. The van der Waals surface area contributed by atoms with Crippen LogP contribution in [0.15, 0.2) is 17.2 Å². The van der Waals surface area contributed by atoms with Crippen LogP contribution in [0.1, 0.15) is 31.4 Å². The minimum absolute atomic E-state index is 0.127. The first-order chi connectivity index (χ1) is 8.60. The van der Waals surface area contributed by atoms with E-state index in [1.165, 1.54) is 17.0 Å². The van der Waals surface area contributed by atoms with Gasteiger partial charge in [0, 0.05) is 13.1 Å². The summed E-state index contributed by atoms with van der Waals surface area (Å²) in [6, 6.07) is 2.98. The number of carbonyl (C=O) groups is 1. The molecule has 6 nitrogen and oxygen atoms in total. The summed E-state index contributed by atoms with van der Waals surface area (Å²) in [5.74, 6) is -1.80. The van der Waals surface area contributed by atoms with Crippen LogP contribution in [0.25, 0.3) is 0 Å². The number of aromatic nitrogens is 2. The molecule has 0 saturated heterocycles. The molecule has 96 valence electrons. The van der Waals surface area contributed by atoms with Gasteiger partial charge in [0.2, 0.25) is 0 Å². The van der Waals surface area contributed by atoms with Gasteiger partial charge < -0.3 is 9.30 Å². The van der Waals surface area contributed by atoms with Crippen molar-refractivity contribution in [1.82, 2.24) is 9.55 Å². The van der Waals surface area contributed by atoms with Crippen molar-refractivity contribution in [3.05, 3.63) is 28.4 Å². The summed E-state index contributed by atoms with van der Waals surface area (Å²) in [4.78, 5) is 27.0. The fourth-order valence-corrected chi connectivity index (χ4v) is 1.27. The monoisotopic (exact) mass is 249 g/mol. The Hall–Kier alpha value is -2.16. The highest BCUT2D eigenvalue weighted by Gasteiger charge is 2.23. The lowest BCUT2D eigenvalue weighted by Gasteiger charge is -2.08. The van der Waals surface area contributed by atoms with Crippen molar-refractivity contribution in [2.45, 2.75) is 25.7 Å². The highest BCUT2D eigenvalue weighted by Crippen LogP contribution is 2.12. The summed E-state index contributed by atoms with van der Waals surface area (Å²) in [7, 11) is 1.54. The van der Waals surface area contributed by atoms with Gasteiger partial charge in [0.1, 0.15) is 0 Å². The highest BCUT2D eigenvalue weighted by molar-refractivity contribution is 5.80. The Balaban J connectivity index is 2.83. The van der Waals surface area contributed by atoms with Crippen LogP contribution >= 0.6 is 0 Å². The van der Waals surface area contributed by atoms with Gasteiger partial charge >= 0.3 is 5.97 Å². The van der Waals surface area contributed by atoms with Gasteiger partial charge in [0.05, 0.1) is 24.7 Å². The SMILES string of the molecule is CCCCOC(=O)C(C#N)c1cc(=O)n(C)cn1. The van der Waals surface area contributed by atoms with E-state index in [2.05, 4.69) is 4.98 Å². The van der Waals surface area contributed by atoms with Crippen molar-refractivity contribution in [2.75, 3.05) is 6.61 Å². The van der Waals surface area contributed by atoms with Crippen molar-refractivity contribution in [3.63, 3.8) is 0 Å². The van der Waals surface area contributed by atoms with Gasteiger partial charge in [-0.05, 0) is 6.42 Å². The average Bonchev–Trinajstić information content (AvgIpc) is 2.35. The first kappa shape index (κ1) is 13.9. The molecule has 0 N–H and O–H groups in total. The van der Waals surface area contributed by atoms with Crippen molar-refractivity contribution in [1.29, 1.82) is 5.26 Å². The number of hydrogen-bond acceptors (Lipinski definition) is 5. The molecule has 0 aromatic carbocycles. The van der Waals surface area contributed by atoms with Crippen LogP contribution in [-0.2, 0) is 16.6 Å². The largest absolute Gasteiger partial charge is 0.464 e. The van der Waals surface area contributed by atoms with Crippen molar-refractivity contribution in [3.8, 4) is 6.07 Å². The van der Waals surface area contributed by atoms with E-state index in [1.54, 1.807) is 13.1 Å². The fourth-order valence-electron chi connectivity index (χ4n) is 1.27. The molecule has 1 rings (SSSR count). The zero-order valence-corrected chi connectivity index (χ0v) is 10.4. The number of aryl methyl sites for hydroxylation is 1. The van der Waals surface area contributed by atoms with Crippen LogP contribution < -0.4 is 5.56 Å². The van der Waals surface area contributed by atoms with Crippen LogP contribution in [-0.4, -0.2) is 22.1 Å². The first-order valence-electron chi connectivity index (χ1n) is 5.69. The van der Waals surface area contributed by atoms with Crippen molar-refractivity contribution >= 4 is 5.97 Å². The molecule has 6 heteroatoms. The number of carbonyl (C=O) groups excluding carboxylic acids is 1. The van der Waals surface area contributed by atoms with Crippen LogP contribution in [0, 0.1) is 11.3 Å². The Bertz CT molecular complexity index is 516. The minimum Gasteiger partial charge on any atom is -0.464 e. The molecule has 1 atom stereocenters. The molecule has 1 aromatic rings. The number of rotatable bonds is 5. The lowest BCUT2D eigenvalue weighted by molar-refractivity contribution is -0.144. The van der Waals surface area contributed by atoms with E-state index in [-0.39, 0.29) is 17.9 Å². The molecule has 1 heterocycles. The van der Waals surface area contributed by atoms with Crippen LogP contribution in [0.2, 0.25) is 0 Å². The number of esters is 1. The lowest BCUT2D eigenvalue weighted by Crippen LogP contribution is -2.22. The molecule has 0 spiro atoms. The summed E-state index contributed by atoms with van der Waals surface area (Å²) in [5, 5.41) is 8.97. The van der Waals surface area contributed by atoms with Gasteiger partial charge in [-0.15, -0.1) is 0 Å². The van der Waals surface area contributed by atoms with E-state index < -0.39 is 11.9 Å². The van der Waals surface area contributed by atoms with Gasteiger partial charge in [-0.1, -0.05) is 13.3 Å². The molecular formula is C12H15N3O3. The Morgan fingerprint density at radius 1 is 1.67 bits per heavy atom. The van der Waals surface area contributed by atoms with E-state index in [1.807, 2.05) is 6.92 Å². The van der Waals surface area contributed by atoms with E-state index in [9.17, 15) is 9.59 Å². The van der Waals surface area contributed by atoms with E-state index in [4.69, 9.17) is 10.00 Å². The Kier molecular flexibility index (Phi) is 5.06. The topological polar surface area (TPSA) is 85.0 Å². The second-order valence-corrected chi connectivity index (χ2v) is 3.85. The number of nitrogens with zero attached hydrogens (tertiary/aromatic N) is 3. The second-order valence-electron chi connectivity index (χ2n) is 3.85. The highest BCUT2D eigenvalue weighted by atomic mass is 16.5. The summed E-state index contributed by atoms with van der Waals surface area (Å²) in [5.41, 5.74) is -0.191. The number of unbranched alkanes of at least 4 members (excludes halogenated alkanes) is 1. The molecule has 0 radical (unpaired) electrons. The van der Waals surface area contributed by atoms with Gasteiger partial charge in [-0.25, -0.2) is 4.98 Å². The van der Waals surface area contributed by atoms with Crippen molar-refractivity contribution in [2.24, 2.45) is 7.05 Å². The molecule has 0 fully saturated rings. The summed E-state index contributed by atoms with van der Waals surface area (Å²) < 4.78 is 6.21. The van der Waals surface area contributed by atoms with Gasteiger partial charge in [-0.3, -0.25) is 9.59 Å². The van der Waals surface area contributed by atoms with Gasteiger partial charge in [0.25, 0.3) is 5.56 Å². The normalized spacial score (nSPS) is 11.6. The maximum atomic E-state index is 11.7. The van der Waals surface area contributed by atoms with E-state index in [0.29, 0.717) is 0 Å². The molecule has 0 aliphatic heterocycles. The molecule has 1 aromatic heterocycles. The average molecular weight is 249 g/mol. The van der Waals surface area contributed by atoms with Crippen LogP contribution in [0.5, 0.6) is 0 Å². The fraction of sp³-hybridized carbons (Fsp3) is 0.500. The van der Waals surface area contributed by atoms with Crippen molar-refractivity contribution < 1.29 is 9.53 Å². The third-order valence-electron chi connectivity index (χ3n) is 2.40. The first-order valence-corrected chi connectivity index (χ1v) is 5.69.